The molecule has 30 heavy (non-hydrogen) atoms. The second-order valence-electron chi connectivity index (χ2n) is 7.27. The predicted octanol–water partition coefficient (Wildman–Crippen LogP) is -0.964. The number of hydrogen-bond acceptors (Lipinski definition) is 9. The highest BCUT2D eigenvalue weighted by Crippen LogP contribution is 2.07. The topological polar surface area (TPSA) is 123 Å². The molecule has 11 nitrogen and oxygen atoms in total. The Morgan fingerprint density at radius 3 is 2.80 bits per heavy atom. The summed E-state index contributed by atoms with van der Waals surface area (Å²) in [6.45, 7) is 6.04. The maximum Gasteiger partial charge on any atom is 0.332 e. The molecule has 0 aromatic carbocycles. The van der Waals surface area contributed by atoms with Gasteiger partial charge < -0.3 is 15.5 Å². The summed E-state index contributed by atoms with van der Waals surface area (Å²) in [5.74, 6) is 0.284. The summed E-state index contributed by atoms with van der Waals surface area (Å²) in [6, 6.07) is 3.64. The van der Waals surface area contributed by atoms with Crippen molar-refractivity contribution >= 4 is 17.1 Å². The number of fused-ring (bicyclic) bond motifs is 1. The highest BCUT2D eigenvalue weighted by molar-refractivity contribution is 5.69. The molecule has 0 atom stereocenters. The van der Waals surface area contributed by atoms with E-state index in [0.29, 0.717) is 6.54 Å². The van der Waals surface area contributed by atoms with Crippen LogP contribution >= 0.6 is 0 Å². The highest BCUT2D eigenvalue weighted by Gasteiger charge is 2.16. The summed E-state index contributed by atoms with van der Waals surface area (Å²) in [5, 5.41) is 14.7. The van der Waals surface area contributed by atoms with Gasteiger partial charge in [0.2, 0.25) is 5.95 Å². The predicted molar refractivity (Wildman–Crippen MR) is 113 cm³/mol. The van der Waals surface area contributed by atoms with E-state index in [1.807, 2.05) is 6.07 Å². The maximum atomic E-state index is 12.6. The van der Waals surface area contributed by atoms with Crippen LogP contribution in [0.3, 0.4) is 0 Å². The van der Waals surface area contributed by atoms with Gasteiger partial charge >= 0.3 is 5.69 Å². The van der Waals surface area contributed by atoms with Crippen molar-refractivity contribution in [3.8, 4) is 0 Å². The lowest BCUT2D eigenvalue weighted by molar-refractivity contribution is 0.240. The molecule has 4 heterocycles. The lowest BCUT2D eigenvalue weighted by Crippen LogP contribution is -2.44. The van der Waals surface area contributed by atoms with Gasteiger partial charge in [0.25, 0.3) is 5.56 Å². The molecule has 0 saturated carbocycles. The molecular weight excluding hydrogens is 386 g/mol. The molecule has 0 amide bonds. The molecule has 0 unspecified atom stereocenters. The van der Waals surface area contributed by atoms with E-state index in [0.717, 1.165) is 49.3 Å². The molecule has 158 valence electrons. The van der Waals surface area contributed by atoms with Gasteiger partial charge in [0.05, 0.1) is 6.54 Å². The van der Waals surface area contributed by atoms with Crippen LogP contribution in [0.1, 0.15) is 12.0 Å². The molecule has 3 aromatic rings. The van der Waals surface area contributed by atoms with Crippen LogP contribution in [0.5, 0.6) is 0 Å². The number of aromatic nitrogens is 6. The Hall–Kier alpha value is -3.18. The van der Waals surface area contributed by atoms with Crippen LogP contribution in [0.25, 0.3) is 11.2 Å². The Balaban J connectivity index is 1.53. The smallest absolute Gasteiger partial charge is 0.332 e. The van der Waals surface area contributed by atoms with Crippen LogP contribution in [0, 0.1) is 0 Å². The average Bonchev–Trinajstić information content (AvgIpc) is 2.79. The normalized spacial score (nSPS) is 14.8. The SMILES string of the molecule is Cn1c(=O)c2nc(NCCCN3CCNCC3)nnc2n(Cc2cccnc2)c1=O. The lowest BCUT2D eigenvalue weighted by Gasteiger charge is -2.27. The summed E-state index contributed by atoms with van der Waals surface area (Å²) in [6.07, 6.45) is 4.26. The zero-order valence-corrected chi connectivity index (χ0v) is 16.9. The van der Waals surface area contributed by atoms with Crippen molar-refractivity contribution in [1.29, 1.82) is 0 Å². The molecule has 0 radical (unpaired) electrons. The monoisotopic (exact) mass is 411 g/mol. The van der Waals surface area contributed by atoms with Gasteiger partial charge in [-0.1, -0.05) is 6.07 Å². The first-order chi connectivity index (χ1) is 14.6. The second kappa shape index (κ2) is 9.09. The fraction of sp³-hybridized carbons (Fsp3) is 0.474. The zero-order chi connectivity index (χ0) is 20.9. The molecule has 4 rings (SSSR count). The van der Waals surface area contributed by atoms with Gasteiger partial charge in [-0.05, 0) is 24.6 Å². The fourth-order valence-corrected chi connectivity index (χ4v) is 3.49. The number of anilines is 1. The first kappa shape index (κ1) is 20.1. The van der Waals surface area contributed by atoms with E-state index < -0.39 is 11.2 Å². The van der Waals surface area contributed by atoms with E-state index >= 15 is 0 Å². The molecule has 0 aliphatic carbocycles. The van der Waals surface area contributed by atoms with E-state index in [1.165, 1.54) is 11.6 Å². The molecular formula is C19H25N9O2. The summed E-state index contributed by atoms with van der Waals surface area (Å²) >= 11 is 0. The third-order valence-electron chi connectivity index (χ3n) is 5.16. The molecule has 3 aromatic heterocycles. The van der Waals surface area contributed by atoms with E-state index in [4.69, 9.17) is 0 Å². The Labute approximate surface area is 172 Å². The zero-order valence-electron chi connectivity index (χ0n) is 16.9. The number of pyridine rings is 1. The van der Waals surface area contributed by atoms with Crippen LogP contribution in [0.4, 0.5) is 5.95 Å². The van der Waals surface area contributed by atoms with Crippen molar-refractivity contribution in [2.45, 2.75) is 13.0 Å². The first-order valence-electron chi connectivity index (χ1n) is 10.0. The second-order valence-corrected chi connectivity index (χ2v) is 7.27. The first-order valence-corrected chi connectivity index (χ1v) is 10.0. The van der Waals surface area contributed by atoms with Gasteiger partial charge in [0.1, 0.15) is 0 Å². The fourth-order valence-electron chi connectivity index (χ4n) is 3.49. The molecule has 2 N–H and O–H groups in total. The largest absolute Gasteiger partial charge is 0.353 e. The third-order valence-corrected chi connectivity index (χ3v) is 5.16. The quantitative estimate of drug-likeness (QED) is 0.473. The van der Waals surface area contributed by atoms with Crippen molar-refractivity contribution < 1.29 is 0 Å². The van der Waals surface area contributed by atoms with Crippen LogP contribution in [0.2, 0.25) is 0 Å². The van der Waals surface area contributed by atoms with Gasteiger partial charge in [-0.25, -0.2) is 9.78 Å². The van der Waals surface area contributed by atoms with Gasteiger partial charge in [-0.2, -0.15) is 0 Å². The Morgan fingerprint density at radius 1 is 1.20 bits per heavy atom. The van der Waals surface area contributed by atoms with Gasteiger partial charge in [0.15, 0.2) is 11.2 Å². The molecule has 1 saturated heterocycles. The summed E-state index contributed by atoms with van der Waals surface area (Å²) in [4.78, 5) is 36.1. The number of hydrogen-bond donors (Lipinski definition) is 2. The van der Waals surface area contributed by atoms with Crippen molar-refractivity contribution in [2.75, 3.05) is 44.6 Å². The number of piperazine rings is 1. The molecule has 0 bridgehead atoms. The third kappa shape index (κ3) is 4.36. The van der Waals surface area contributed by atoms with Crippen LogP contribution in [-0.4, -0.2) is 73.5 Å². The van der Waals surface area contributed by atoms with Crippen LogP contribution in [0.15, 0.2) is 34.1 Å². The number of nitrogens with one attached hydrogen (secondary N) is 2. The van der Waals surface area contributed by atoms with Gasteiger partial charge in [0, 0.05) is 52.2 Å². The summed E-state index contributed by atoms with van der Waals surface area (Å²) in [7, 11) is 1.44. The number of rotatable bonds is 7. The maximum absolute atomic E-state index is 12.6. The minimum absolute atomic E-state index is 0.112. The minimum atomic E-state index is -0.490. The standard InChI is InChI=1S/C19H25N9O2/c1-26-17(29)15-16(28(19(26)30)13-14-4-2-5-21-12-14)24-25-18(23-15)22-6-3-9-27-10-7-20-8-11-27/h2,4-5,12,20H,3,6-11,13H2,1H3,(H,22,23,25). The van der Waals surface area contributed by atoms with Crippen LogP contribution in [-0.2, 0) is 13.6 Å². The van der Waals surface area contributed by atoms with Crippen LogP contribution < -0.4 is 21.9 Å². The van der Waals surface area contributed by atoms with Crippen molar-refractivity contribution in [3.63, 3.8) is 0 Å². The molecule has 0 spiro atoms. The van der Waals surface area contributed by atoms with E-state index in [1.54, 1.807) is 18.5 Å². The Morgan fingerprint density at radius 2 is 2.03 bits per heavy atom. The van der Waals surface area contributed by atoms with Crippen molar-refractivity contribution in [3.05, 3.63) is 50.9 Å². The van der Waals surface area contributed by atoms with E-state index in [2.05, 4.69) is 35.7 Å². The van der Waals surface area contributed by atoms with Crippen molar-refractivity contribution in [1.82, 2.24) is 39.5 Å². The minimum Gasteiger partial charge on any atom is -0.353 e. The van der Waals surface area contributed by atoms with Crippen molar-refractivity contribution in [2.24, 2.45) is 7.05 Å². The summed E-state index contributed by atoms with van der Waals surface area (Å²) in [5.41, 5.74) is 0.135. The van der Waals surface area contributed by atoms with E-state index in [9.17, 15) is 9.59 Å². The van der Waals surface area contributed by atoms with E-state index in [-0.39, 0.29) is 23.7 Å². The molecule has 1 fully saturated rings. The lowest BCUT2D eigenvalue weighted by atomic mass is 10.3. The number of nitrogens with zero attached hydrogens (tertiary/aromatic N) is 7. The van der Waals surface area contributed by atoms with Gasteiger partial charge in [-0.3, -0.25) is 18.9 Å². The highest BCUT2D eigenvalue weighted by atomic mass is 16.2. The average molecular weight is 411 g/mol. The molecule has 1 aliphatic rings. The van der Waals surface area contributed by atoms with Gasteiger partial charge in [-0.15, -0.1) is 10.2 Å². The summed E-state index contributed by atoms with van der Waals surface area (Å²) < 4.78 is 2.43. The molecule has 1 aliphatic heterocycles. The Bertz CT molecular complexity index is 1120. The molecule has 11 heteroatoms. The Kier molecular flexibility index (Phi) is 6.10.